The first-order valence-corrected chi connectivity index (χ1v) is 11.1. The number of halogens is 1. The molecule has 0 saturated heterocycles. The van der Waals surface area contributed by atoms with Crippen molar-refractivity contribution in [3.8, 4) is 11.5 Å². The Morgan fingerprint density at radius 1 is 1.12 bits per heavy atom. The fourth-order valence-electron chi connectivity index (χ4n) is 2.72. The van der Waals surface area contributed by atoms with E-state index in [1.807, 2.05) is 0 Å². The molecule has 1 heterocycles. The molecule has 3 rings (SSSR count). The molecular formula is C22H22FN3O5S. The number of nitrogens with zero attached hydrogens (tertiary/aromatic N) is 1. The minimum Gasteiger partial charge on any atom is -0.453 e. The zero-order valence-corrected chi connectivity index (χ0v) is 18.1. The second-order valence-corrected chi connectivity index (χ2v) is 8.42. The SMILES string of the molecule is COCCNS(=O)(=O)c1cccc(C(=O)NCc2ccc(Oc3cccnc3)c(F)c2)c1. The molecule has 1 aromatic heterocycles. The average Bonchev–Trinajstić information content (AvgIpc) is 2.80. The summed E-state index contributed by atoms with van der Waals surface area (Å²) < 4.78 is 51.6. The lowest BCUT2D eigenvalue weighted by Gasteiger charge is -2.10. The van der Waals surface area contributed by atoms with Gasteiger partial charge in [-0.25, -0.2) is 17.5 Å². The van der Waals surface area contributed by atoms with E-state index in [1.54, 1.807) is 24.4 Å². The Bertz CT molecular complexity index is 1170. The molecule has 0 bridgehead atoms. The highest BCUT2D eigenvalue weighted by Crippen LogP contribution is 2.24. The monoisotopic (exact) mass is 459 g/mol. The van der Waals surface area contributed by atoms with E-state index in [2.05, 4.69) is 15.0 Å². The molecule has 32 heavy (non-hydrogen) atoms. The van der Waals surface area contributed by atoms with Crippen molar-refractivity contribution in [1.82, 2.24) is 15.0 Å². The molecule has 0 radical (unpaired) electrons. The summed E-state index contributed by atoms with van der Waals surface area (Å²) in [6.07, 6.45) is 3.05. The second-order valence-electron chi connectivity index (χ2n) is 6.66. The quantitative estimate of drug-likeness (QED) is 0.452. The summed E-state index contributed by atoms with van der Waals surface area (Å²) in [5.41, 5.74) is 0.677. The van der Waals surface area contributed by atoms with Crippen LogP contribution < -0.4 is 14.8 Å². The molecule has 3 aromatic rings. The lowest BCUT2D eigenvalue weighted by atomic mass is 10.2. The molecule has 2 aromatic carbocycles. The zero-order valence-electron chi connectivity index (χ0n) is 17.2. The first-order chi connectivity index (χ1) is 15.4. The van der Waals surface area contributed by atoms with Gasteiger partial charge >= 0.3 is 0 Å². The van der Waals surface area contributed by atoms with Gasteiger partial charge in [-0.3, -0.25) is 9.78 Å². The molecular weight excluding hydrogens is 437 g/mol. The normalized spacial score (nSPS) is 11.2. The Morgan fingerprint density at radius 2 is 1.97 bits per heavy atom. The van der Waals surface area contributed by atoms with E-state index in [-0.39, 0.29) is 35.9 Å². The molecule has 1 amide bonds. The van der Waals surface area contributed by atoms with Crippen LogP contribution in [0.5, 0.6) is 11.5 Å². The number of pyridine rings is 1. The molecule has 2 N–H and O–H groups in total. The van der Waals surface area contributed by atoms with E-state index in [9.17, 15) is 17.6 Å². The minimum absolute atomic E-state index is 0.0342. The number of methoxy groups -OCH3 is 1. The number of hydrogen-bond donors (Lipinski definition) is 2. The Kier molecular flexibility index (Phi) is 7.87. The molecule has 0 unspecified atom stereocenters. The Morgan fingerprint density at radius 3 is 2.69 bits per heavy atom. The van der Waals surface area contributed by atoms with Gasteiger partial charge in [0.25, 0.3) is 5.91 Å². The molecule has 0 saturated carbocycles. The third-order valence-electron chi connectivity index (χ3n) is 4.32. The molecule has 0 atom stereocenters. The van der Waals surface area contributed by atoms with Gasteiger partial charge in [0.1, 0.15) is 5.75 Å². The molecule has 0 aliphatic rings. The Hall–Kier alpha value is -3.34. The van der Waals surface area contributed by atoms with Crippen LogP contribution in [0.4, 0.5) is 4.39 Å². The highest BCUT2D eigenvalue weighted by molar-refractivity contribution is 7.89. The summed E-state index contributed by atoms with van der Waals surface area (Å²) in [6, 6.07) is 13.3. The van der Waals surface area contributed by atoms with Crippen molar-refractivity contribution >= 4 is 15.9 Å². The van der Waals surface area contributed by atoms with E-state index in [1.165, 1.54) is 49.7 Å². The number of ether oxygens (including phenoxy) is 2. The number of carbonyl (C=O) groups excluding carboxylic acids is 1. The maximum atomic E-state index is 14.4. The number of nitrogens with one attached hydrogen (secondary N) is 2. The second kappa shape index (κ2) is 10.8. The van der Waals surface area contributed by atoms with Crippen LogP contribution in [0.1, 0.15) is 15.9 Å². The predicted octanol–water partition coefficient (Wildman–Crippen LogP) is 2.87. The molecule has 0 aliphatic heterocycles. The standard InChI is InChI=1S/C22H22FN3O5S/c1-30-11-10-26-32(28,29)19-6-2-4-17(13-19)22(27)25-14-16-7-8-21(20(23)12-16)31-18-5-3-9-24-15-18/h2-9,12-13,15,26H,10-11,14H2,1H3,(H,25,27). The smallest absolute Gasteiger partial charge is 0.251 e. The van der Waals surface area contributed by atoms with Gasteiger partial charge in [0, 0.05) is 32.0 Å². The lowest BCUT2D eigenvalue weighted by molar-refractivity contribution is 0.0950. The molecule has 0 aliphatic carbocycles. The van der Waals surface area contributed by atoms with Gasteiger partial charge in [0.2, 0.25) is 10.0 Å². The molecule has 168 valence electrons. The molecule has 0 fully saturated rings. The van der Waals surface area contributed by atoms with E-state index < -0.39 is 21.7 Å². The number of amides is 1. The van der Waals surface area contributed by atoms with Crippen LogP contribution in [-0.4, -0.2) is 39.6 Å². The van der Waals surface area contributed by atoms with Gasteiger partial charge in [-0.15, -0.1) is 0 Å². The van der Waals surface area contributed by atoms with Crippen molar-refractivity contribution in [3.63, 3.8) is 0 Å². The fourth-order valence-corrected chi connectivity index (χ4v) is 3.78. The van der Waals surface area contributed by atoms with Crippen LogP contribution in [0.3, 0.4) is 0 Å². The largest absolute Gasteiger partial charge is 0.453 e. The summed E-state index contributed by atoms with van der Waals surface area (Å²) in [7, 11) is -2.31. The number of aromatic nitrogens is 1. The number of rotatable bonds is 10. The number of sulfonamides is 1. The summed E-state index contributed by atoms with van der Waals surface area (Å²) in [5.74, 6) is -0.642. The highest BCUT2D eigenvalue weighted by atomic mass is 32.2. The van der Waals surface area contributed by atoms with Crippen LogP contribution in [0.25, 0.3) is 0 Å². The van der Waals surface area contributed by atoms with Crippen LogP contribution in [0.15, 0.2) is 71.9 Å². The van der Waals surface area contributed by atoms with Gasteiger partial charge < -0.3 is 14.8 Å². The number of carbonyl (C=O) groups is 1. The lowest BCUT2D eigenvalue weighted by Crippen LogP contribution is -2.28. The van der Waals surface area contributed by atoms with Crippen molar-refractivity contribution in [1.29, 1.82) is 0 Å². The predicted molar refractivity (Wildman–Crippen MR) is 115 cm³/mol. The third kappa shape index (κ3) is 6.33. The number of hydrogen-bond acceptors (Lipinski definition) is 6. The highest BCUT2D eigenvalue weighted by Gasteiger charge is 2.16. The maximum absolute atomic E-state index is 14.4. The summed E-state index contributed by atoms with van der Waals surface area (Å²) in [6.45, 7) is 0.384. The molecule has 0 spiro atoms. The zero-order chi connectivity index (χ0) is 23.0. The summed E-state index contributed by atoms with van der Waals surface area (Å²) >= 11 is 0. The van der Waals surface area contributed by atoms with E-state index >= 15 is 0 Å². The van der Waals surface area contributed by atoms with Crippen molar-refractivity contribution in [3.05, 3.63) is 83.9 Å². The first-order valence-electron chi connectivity index (χ1n) is 9.62. The average molecular weight is 459 g/mol. The van der Waals surface area contributed by atoms with Gasteiger partial charge in [0.05, 0.1) is 17.7 Å². The molecule has 10 heteroatoms. The van der Waals surface area contributed by atoms with Crippen LogP contribution in [0.2, 0.25) is 0 Å². The third-order valence-corrected chi connectivity index (χ3v) is 5.78. The number of benzene rings is 2. The Labute approximate surface area is 185 Å². The van der Waals surface area contributed by atoms with E-state index in [4.69, 9.17) is 9.47 Å². The van der Waals surface area contributed by atoms with Gasteiger partial charge in [-0.2, -0.15) is 0 Å². The van der Waals surface area contributed by atoms with Crippen molar-refractivity contribution in [2.24, 2.45) is 0 Å². The van der Waals surface area contributed by atoms with Gasteiger partial charge in [-0.05, 0) is 48.0 Å². The van der Waals surface area contributed by atoms with E-state index in [0.717, 1.165) is 0 Å². The Balaban J connectivity index is 1.62. The van der Waals surface area contributed by atoms with Crippen LogP contribution in [0, 0.1) is 5.82 Å². The van der Waals surface area contributed by atoms with E-state index in [0.29, 0.717) is 11.3 Å². The van der Waals surface area contributed by atoms with Crippen LogP contribution >= 0.6 is 0 Å². The maximum Gasteiger partial charge on any atom is 0.251 e. The topological polar surface area (TPSA) is 107 Å². The van der Waals surface area contributed by atoms with Gasteiger partial charge in [-0.1, -0.05) is 12.1 Å². The van der Waals surface area contributed by atoms with Crippen molar-refractivity contribution in [2.75, 3.05) is 20.3 Å². The molecule has 8 nitrogen and oxygen atoms in total. The van der Waals surface area contributed by atoms with Gasteiger partial charge in [0.15, 0.2) is 11.6 Å². The summed E-state index contributed by atoms with van der Waals surface area (Å²) in [4.78, 5) is 16.3. The fraction of sp³-hybridized carbons (Fsp3) is 0.182. The summed E-state index contributed by atoms with van der Waals surface area (Å²) in [5, 5.41) is 2.65. The first kappa shape index (κ1) is 23.3. The minimum atomic E-state index is -3.77. The van der Waals surface area contributed by atoms with Crippen LogP contribution in [-0.2, 0) is 21.3 Å². The van der Waals surface area contributed by atoms with Crippen molar-refractivity contribution < 1.29 is 27.1 Å². The van der Waals surface area contributed by atoms with Crippen molar-refractivity contribution in [2.45, 2.75) is 11.4 Å².